The molecule has 0 saturated heterocycles. The lowest BCUT2D eigenvalue weighted by Crippen LogP contribution is -2.30. The Labute approximate surface area is 76.5 Å². The molecule has 0 bridgehead atoms. The van der Waals surface area contributed by atoms with Gasteiger partial charge in [-0.2, -0.15) is 0 Å². The van der Waals surface area contributed by atoms with Crippen LogP contribution in [0.3, 0.4) is 0 Å². The maximum Gasteiger partial charge on any atom is 0.341 e. The molecule has 0 aliphatic heterocycles. The summed E-state index contributed by atoms with van der Waals surface area (Å²) in [4.78, 5) is 10.6. The summed E-state index contributed by atoms with van der Waals surface area (Å²) in [6, 6.07) is -0.612. The van der Waals surface area contributed by atoms with Gasteiger partial charge >= 0.3 is 5.97 Å². The Hall–Kier alpha value is -0.360. The molecule has 0 aliphatic rings. The average Bonchev–Trinajstić information content (AvgIpc) is 2.03. The first-order valence-corrected chi connectivity index (χ1v) is 3.81. The van der Waals surface area contributed by atoms with Crippen LogP contribution < -0.4 is 11.5 Å². The Morgan fingerprint density at radius 1 is 1.50 bits per heavy atom. The molecule has 1 atom stereocenters. The summed E-state index contributed by atoms with van der Waals surface area (Å²) < 4.78 is 3.92. The van der Waals surface area contributed by atoms with Crippen LogP contribution in [0.4, 0.5) is 0 Å². The smallest absolute Gasteiger partial charge is 0.341 e. The first-order valence-electron chi connectivity index (χ1n) is 3.50. The number of nitrogens with two attached hydrogens (primary N) is 2. The van der Waals surface area contributed by atoms with E-state index in [1.54, 1.807) is 0 Å². The molecule has 0 aromatic carbocycles. The monoisotopic (exact) mass is 198 g/mol. The van der Waals surface area contributed by atoms with Crippen molar-refractivity contribution < 1.29 is 14.6 Å². The topological polar surface area (TPSA) is 110 Å². The quantitative estimate of drug-likeness (QED) is 0.570. The van der Waals surface area contributed by atoms with Gasteiger partial charge in [-0.05, 0) is 19.4 Å². The molecule has 5 nitrogen and oxygen atoms in total. The van der Waals surface area contributed by atoms with Gasteiger partial charge in [0, 0.05) is 0 Å². The van der Waals surface area contributed by atoms with Crippen LogP contribution in [0.2, 0.25) is 0 Å². The molecule has 6 heteroatoms. The Balaban J connectivity index is 0. The number of unbranched alkanes of at least 4 members (excludes halogenated alkanes) is 1. The molecule has 0 fully saturated rings. The van der Waals surface area contributed by atoms with Crippen LogP contribution in [-0.4, -0.2) is 24.0 Å². The Morgan fingerprint density at radius 3 is 2.50 bits per heavy atom. The van der Waals surface area contributed by atoms with Gasteiger partial charge in [0.15, 0.2) is 0 Å². The molecular weight excluding hydrogens is 184 g/mol. The maximum absolute atomic E-state index is 10.6. The van der Waals surface area contributed by atoms with Crippen LogP contribution in [0.15, 0.2) is 0 Å². The normalized spacial score (nSPS) is 11.6. The maximum atomic E-state index is 10.6. The zero-order valence-electron chi connectivity index (χ0n) is 6.75. The predicted molar refractivity (Wildman–Crippen MR) is 46.4 cm³/mol. The van der Waals surface area contributed by atoms with Gasteiger partial charge in [0.2, 0.25) is 0 Å². The summed E-state index contributed by atoms with van der Waals surface area (Å²) in [5.41, 5.74) is 10.6. The van der Waals surface area contributed by atoms with Gasteiger partial charge in [0.1, 0.15) is 17.9 Å². The molecule has 0 aromatic heterocycles. The number of carbonyl (C=O) groups is 1. The third kappa shape index (κ3) is 6.36. The highest BCUT2D eigenvalue weighted by Crippen LogP contribution is 2.00. The summed E-state index contributed by atoms with van der Waals surface area (Å²) >= 11 is 4.81. The van der Waals surface area contributed by atoms with Crippen LogP contribution in [0.25, 0.3) is 0 Å². The lowest BCUT2D eigenvalue weighted by molar-refractivity contribution is -0.135. The second-order valence-corrected chi connectivity index (χ2v) is 2.44. The average molecular weight is 199 g/mol. The SMILES string of the molecule is NCCCC[C@H](N)C(=O)OCl.O. The van der Waals surface area contributed by atoms with Gasteiger partial charge in [-0.15, -0.1) is 0 Å². The van der Waals surface area contributed by atoms with E-state index in [1.165, 1.54) is 0 Å². The second-order valence-electron chi connectivity index (χ2n) is 2.29. The van der Waals surface area contributed by atoms with Gasteiger partial charge < -0.3 is 21.2 Å². The fourth-order valence-corrected chi connectivity index (χ4v) is 0.798. The summed E-state index contributed by atoms with van der Waals surface area (Å²) in [5.74, 6) is -0.580. The minimum absolute atomic E-state index is 0. The second kappa shape index (κ2) is 8.73. The minimum atomic E-state index is -0.612. The Morgan fingerprint density at radius 2 is 2.08 bits per heavy atom. The Kier molecular flexibility index (Phi) is 10.3. The first kappa shape index (κ1) is 14.2. The summed E-state index contributed by atoms with van der Waals surface area (Å²) in [6.07, 6.45) is 2.26. The van der Waals surface area contributed by atoms with Crippen LogP contribution in [0.1, 0.15) is 19.3 Å². The molecule has 0 amide bonds. The molecule has 0 radical (unpaired) electrons. The van der Waals surface area contributed by atoms with Crippen LogP contribution in [0.5, 0.6) is 0 Å². The molecule has 74 valence electrons. The van der Waals surface area contributed by atoms with E-state index < -0.39 is 12.0 Å². The van der Waals surface area contributed by atoms with Crippen LogP contribution >= 0.6 is 11.9 Å². The number of halogens is 1. The van der Waals surface area contributed by atoms with Gasteiger partial charge in [-0.25, -0.2) is 4.79 Å². The van der Waals surface area contributed by atoms with Gasteiger partial charge in [-0.3, -0.25) is 0 Å². The minimum Gasteiger partial charge on any atom is -0.412 e. The third-order valence-electron chi connectivity index (χ3n) is 1.35. The van der Waals surface area contributed by atoms with E-state index in [2.05, 4.69) is 4.29 Å². The van der Waals surface area contributed by atoms with E-state index in [4.69, 9.17) is 23.3 Å². The molecular formula is C6H15ClN2O3. The molecule has 0 aromatic rings. The van der Waals surface area contributed by atoms with Crippen molar-refractivity contribution in [3.05, 3.63) is 0 Å². The highest BCUT2D eigenvalue weighted by Gasteiger charge is 2.13. The number of hydrogen-bond donors (Lipinski definition) is 2. The standard InChI is InChI=1S/C6H13ClN2O2.H2O/c7-11-6(10)5(9)3-1-2-4-8;/h5H,1-4,8-9H2;1H2/t5-;/m0./s1. The van der Waals surface area contributed by atoms with Crippen molar-refractivity contribution in [1.29, 1.82) is 0 Å². The highest BCUT2D eigenvalue weighted by molar-refractivity contribution is 6.13. The van der Waals surface area contributed by atoms with E-state index in [-0.39, 0.29) is 5.48 Å². The number of carbonyl (C=O) groups excluding carboxylic acids is 1. The van der Waals surface area contributed by atoms with Gasteiger partial charge in [0.25, 0.3) is 0 Å². The molecule has 12 heavy (non-hydrogen) atoms. The summed E-state index contributed by atoms with van der Waals surface area (Å²) in [7, 11) is 0. The lowest BCUT2D eigenvalue weighted by atomic mass is 10.1. The van der Waals surface area contributed by atoms with Crippen molar-refractivity contribution >= 4 is 17.8 Å². The predicted octanol–water partition coefficient (Wildman–Crippen LogP) is -0.685. The van der Waals surface area contributed by atoms with E-state index in [1.807, 2.05) is 0 Å². The molecule has 0 saturated carbocycles. The zero-order chi connectivity index (χ0) is 8.69. The number of rotatable bonds is 5. The van der Waals surface area contributed by atoms with Crippen molar-refractivity contribution in [1.82, 2.24) is 0 Å². The van der Waals surface area contributed by atoms with Crippen molar-refractivity contribution in [3.8, 4) is 0 Å². The summed E-state index contributed by atoms with van der Waals surface area (Å²) in [5, 5.41) is 0. The van der Waals surface area contributed by atoms with E-state index in [9.17, 15) is 4.79 Å². The fourth-order valence-electron chi connectivity index (χ4n) is 0.684. The zero-order valence-corrected chi connectivity index (χ0v) is 7.51. The largest absolute Gasteiger partial charge is 0.412 e. The van der Waals surface area contributed by atoms with E-state index >= 15 is 0 Å². The van der Waals surface area contributed by atoms with Crippen molar-refractivity contribution in [2.45, 2.75) is 25.3 Å². The lowest BCUT2D eigenvalue weighted by Gasteiger charge is -2.05. The van der Waals surface area contributed by atoms with Gasteiger partial charge in [0.05, 0.1) is 0 Å². The molecule has 0 heterocycles. The third-order valence-corrected chi connectivity index (χ3v) is 1.50. The van der Waals surface area contributed by atoms with E-state index in [0.717, 1.165) is 12.8 Å². The molecule has 0 spiro atoms. The van der Waals surface area contributed by atoms with Crippen molar-refractivity contribution in [3.63, 3.8) is 0 Å². The molecule has 0 aliphatic carbocycles. The summed E-state index contributed by atoms with van der Waals surface area (Å²) in [6.45, 7) is 0.614. The highest BCUT2D eigenvalue weighted by atomic mass is 35.5. The van der Waals surface area contributed by atoms with Crippen molar-refractivity contribution in [2.24, 2.45) is 11.5 Å². The van der Waals surface area contributed by atoms with Crippen molar-refractivity contribution in [2.75, 3.05) is 6.54 Å². The number of hydrogen-bond acceptors (Lipinski definition) is 4. The van der Waals surface area contributed by atoms with Crippen LogP contribution in [-0.2, 0) is 9.08 Å². The van der Waals surface area contributed by atoms with E-state index in [0.29, 0.717) is 13.0 Å². The molecule has 0 unspecified atom stereocenters. The molecule has 0 rings (SSSR count). The van der Waals surface area contributed by atoms with Crippen LogP contribution in [0, 0.1) is 0 Å². The van der Waals surface area contributed by atoms with Gasteiger partial charge in [-0.1, -0.05) is 6.42 Å². The Bertz CT molecular complexity index is 123. The molecule has 6 N–H and O–H groups in total. The first-order chi connectivity index (χ1) is 5.22. The fraction of sp³-hybridized carbons (Fsp3) is 0.833.